The van der Waals surface area contributed by atoms with Crippen LogP contribution in [0.1, 0.15) is 25.0 Å². The van der Waals surface area contributed by atoms with E-state index in [4.69, 9.17) is 0 Å². The summed E-state index contributed by atoms with van der Waals surface area (Å²) in [5.41, 5.74) is 0.611. The molecule has 3 rings (SSSR count). The summed E-state index contributed by atoms with van der Waals surface area (Å²) in [6.07, 6.45) is -4.44. The van der Waals surface area contributed by atoms with Gasteiger partial charge in [-0.1, -0.05) is 44.2 Å². The zero-order valence-corrected chi connectivity index (χ0v) is 14.3. The molecule has 2 aromatic rings. The Hall–Kier alpha value is -2.76. The lowest BCUT2D eigenvalue weighted by molar-refractivity contribution is -0.137. The molecule has 6 heteroatoms. The lowest BCUT2D eigenvalue weighted by atomic mass is 9.90. The Balaban J connectivity index is 2.06. The summed E-state index contributed by atoms with van der Waals surface area (Å²) in [5, 5.41) is 10.5. The zero-order valence-electron chi connectivity index (χ0n) is 14.3. The van der Waals surface area contributed by atoms with Crippen molar-refractivity contribution in [3.63, 3.8) is 0 Å². The van der Waals surface area contributed by atoms with Gasteiger partial charge >= 0.3 is 6.18 Å². The highest BCUT2D eigenvalue weighted by molar-refractivity contribution is 6.15. The van der Waals surface area contributed by atoms with Crippen molar-refractivity contribution in [3.05, 3.63) is 71.5 Å². The van der Waals surface area contributed by atoms with E-state index in [1.54, 1.807) is 24.3 Å². The van der Waals surface area contributed by atoms with E-state index in [0.717, 1.165) is 12.1 Å². The molecule has 0 aliphatic carbocycles. The average Bonchev–Trinajstić information content (AvgIpc) is 2.87. The summed E-state index contributed by atoms with van der Waals surface area (Å²) in [4.78, 5) is 14.2. The molecular weight excluding hydrogens is 343 g/mol. The minimum absolute atomic E-state index is 0.0545. The van der Waals surface area contributed by atoms with E-state index in [1.165, 1.54) is 17.0 Å². The minimum Gasteiger partial charge on any atom is -0.503 e. The predicted molar refractivity (Wildman–Crippen MR) is 93.5 cm³/mol. The highest BCUT2D eigenvalue weighted by Crippen LogP contribution is 2.40. The maximum atomic E-state index is 12.8. The average molecular weight is 361 g/mol. The normalized spacial score (nSPS) is 18.2. The molecule has 1 aliphatic heterocycles. The number of nitrogens with zero attached hydrogens (tertiary/aromatic N) is 1. The number of carbonyl (C=O) groups excluding carboxylic acids is 1. The molecule has 0 radical (unpaired) electrons. The van der Waals surface area contributed by atoms with Gasteiger partial charge in [-0.25, -0.2) is 0 Å². The van der Waals surface area contributed by atoms with E-state index in [2.05, 4.69) is 0 Å². The lowest BCUT2D eigenvalue weighted by Crippen LogP contribution is -2.38. The van der Waals surface area contributed by atoms with Crippen molar-refractivity contribution < 1.29 is 23.1 Å². The van der Waals surface area contributed by atoms with Gasteiger partial charge < -0.3 is 5.11 Å². The van der Waals surface area contributed by atoms with Gasteiger partial charge in [0.2, 0.25) is 0 Å². The van der Waals surface area contributed by atoms with Gasteiger partial charge in [0.05, 0.1) is 11.6 Å². The van der Waals surface area contributed by atoms with E-state index in [-0.39, 0.29) is 5.92 Å². The third-order valence-corrected chi connectivity index (χ3v) is 4.44. The maximum Gasteiger partial charge on any atom is 0.416 e. The summed E-state index contributed by atoms with van der Waals surface area (Å²) in [5.74, 6) is -1.03. The van der Waals surface area contributed by atoms with Gasteiger partial charge in [0, 0.05) is 11.3 Å². The van der Waals surface area contributed by atoms with Crippen LogP contribution in [0.15, 0.2) is 60.4 Å². The molecule has 1 N–H and O–H groups in total. The number of aliphatic hydroxyl groups excluding tert-OH is 1. The molecule has 2 aromatic carbocycles. The number of amides is 1. The Morgan fingerprint density at radius 3 is 2.08 bits per heavy atom. The molecule has 1 unspecified atom stereocenters. The Kier molecular flexibility index (Phi) is 4.52. The molecule has 0 aromatic heterocycles. The van der Waals surface area contributed by atoms with E-state index in [9.17, 15) is 23.1 Å². The van der Waals surface area contributed by atoms with Crippen LogP contribution in [-0.2, 0) is 11.0 Å². The molecule has 136 valence electrons. The number of carbonyl (C=O) groups is 1. The SMILES string of the molecule is CC(C)C1C(c2ccc(C(F)(F)F)cc2)=C(O)C(=O)N1c1ccccc1. The van der Waals surface area contributed by atoms with Crippen LogP contribution in [0.4, 0.5) is 18.9 Å². The quantitative estimate of drug-likeness (QED) is 0.831. The second kappa shape index (κ2) is 6.52. The van der Waals surface area contributed by atoms with E-state index >= 15 is 0 Å². The topological polar surface area (TPSA) is 40.5 Å². The Bertz CT molecular complexity index is 840. The van der Waals surface area contributed by atoms with Gasteiger partial charge in [0.1, 0.15) is 0 Å². The van der Waals surface area contributed by atoms with Crippen LogP contribution in [0.2, 0.25) is 0 Å². The molecule has 0 saturated heterocycles. The minimum atomic E-state index is -4.44. The predicted octanol–water partition coefficient (Wildman–Crippen LogP) is 5.05. The molecule has 0 saturated carbocycles. The lowest BCUT2D eigenvalue weighted by Gasteiger charge is -2.30. The number of aliphatic hydroxyl groups is 1. The molecule has 0 fully saturated rings. The van der Waals surface area contributed by atoms with Crippen molar-refractivity contribution >= 4 is 17.2 Å². The van der Waals surface area contributed by atoms with Gasteiger partial charge in [-0.05, 0) is 35.7 Å². The van der Waals surface area contributed by atoms with Crippen molar-refractivity contribution in [1.82, 2.24) is 0 Å². The first-order valence-electron chi connectivity index (χ1n) is 8.21. The molecular formula is C20H18F3NO2. The monoisotopic (exact) mass is 361 g/mol. The highest BCUT2D eigenvalue weighted by Gasteiger charge is 2.42. The van der Waals surface area contributed by atoms with Crippen LogP contribution < -0.4 is 4.90 Å². The molecule has 26 heavy (non-hydrogen) atoms. The van der Waals surface area contributed by atoms with Gasteiger partial charge in [-0.3, -0.25) is 9.69 Å². The van der Waals surface area contributed by atoms with Crippen LogP contribution in [0.5, 0.6) is 0 Å². The van der Waals surface area contributed by atoms with Gasteiger partial charge in [-0.2, -0.15) is 13.2 Å². The fourth-order valence-corrected chi connectivity index (χ4v) is 3.27. The Labute approximate surface area is 149 Å². The van der Waals surface area contributed by atoms with E-state index in [0.29, 0.717) is 16.8 Å². The number of rotatable bonds is 3. The van der Waals surface area contributed by atoms with Crippen LogP contribution in [0, 0.1) is 5.92 Å². The van der Waals surface area contributed by atoms with Crippen molar-refractivity contribution in [2.45, 2.75) is 26.1 Å². The fraction of sp³-hybridized carbons (Fsp3) is 0.250. The Morgan fingerprint density at radius 2 is 1.58 bits per heavy atom. The van der Waals surface area contributed by atoms with E-state index in [1.807, 2.05) is 19.9 Å². The van der Waals surface area contributed by atoms with Gasteiger partial charge in [0.25, 0.3) is 5.91 Å². The first-order chi connectivity index (χ1) is 12.2. The fourth-order valence-electron chi connectivity index (χ4n) is 3.27. The number of alkyl halides is 3. The second-order valence-electron chi connectivity index (χ2n) is 6.54. The number of anilines is 1. The molecule has 3 nitrogen and oxygen atoms in total. The van der Waals surface area contributed by atoms with Crippen LogP contribution in [0.25, 0.3) is 5.57 Å². The maximum absolute atomic E-state index is 12.8. The first kappa shape index (κ1) is 18.0. The zero-order chi connectivity index (χ0) is 19.1. The van der Waals surface area contributed by atoms with Crippen LogP contribution in [0.3, 0.4) is 0 Å². The van der Waals surface area contributed by atoms with Crippen molar-refractivity contribution in [3.8, 4) is 0 Å². The van der Waals surface area contributed by atoms with Crippen molar-refractivity contribution in [1.29, 1.82) is 0 Å². The molecule has 0 spiro atoms. The third kappa shape index (κ3) is 3.07. The summed E-state index contributed by atoms with van der Waals surface area (Å²) in [6, 6.07) is 13.0. The highest BCUT2D eigenvalue weighted by atomic mass is 19.4. The summed E-state index contributed by atoms with van der Waals surface area (Å²) in [7, 11) is 0. The molecule has 0 bridgehead atoms. The molecule has 1 aliphatic rings. The number of para-hydroxylation sites is 1. The van der Waals surface area contributed by atoms with E-state index < -0.39 is 29.4 Å². The largest absolute Gasteiger partial charge is 0.503 e. The molecule has 1 atom stereocenters. The number of hydrogen-bond acceptors (Lipinski definition) is 2. The number of hydrogen-bond donors (Lipinski definition) is 1. The van der Waals surface area contributed by atoms with Crippen LogP contribution >= 0.6 is 0 Å². The third-order valence-electron chi connectivity index (χ3n) is 4.44. The summed E-state index contributed by atoms with van der Waals surface area (Å²) in [6.45, 7) is 3.80. The molecule has 1 heterocycles. The van der Waals surface area contributed by atoms with Crippen molar-refractivity contribution in [2.24, 2.45) is 5.92 Å². The summed E-state index contributed by atoms with van der Waals surface area (Å²) >= 11 is 0. The van der Waals surface area contributed by atoms with Crippen molar-refractivity contribution in [2.75, 3.05) is 4.90 Å². The standard InChI is InChI=1S/C20H18F3NO2/c1-12(2)17-16(13-8-10-14(11-9-13)20(21,22)23)18(25)19(26)24(17)15-6-4-3-5-7-15/h3-12,17,25H,1-2H3. The number of benzene rings is 2. The molecule has 1 amide bonds. The summed E-state index contributed by atoms with van der Waals surface area (Å²) < 4.78 is 38.4. The number of halogens is 3. The van der Waals surface area contributed by atoms with Gasteiger partial charge in [-0.15, -0.1) is 0 Å². The first-order valence-corrected chi connectivity index (χ1v) is 8.21. The Morgan fingerprint density at radius 1 is 1.00 bits per heavy atom. The van der Waals surface area contributed by atoms with Gasteiger partial charge in [0.15, 0.2) is 5.76 Å². The smallest absolute Gasteiger partial charge is 0.416 e. The second-order valence-corrected chi connectivity index (χ2v) is 6.54. The van der Waals surface area contributed by atoms with Crippen LogP contribution in [-0.4, -0.2) is 17.1 Å².